The van der Waals surface area contributed by atoms with Crippen LogP contribution in [-0.2, 0) is 11.2 Å². The van der Waals surface area contributed by atoms with Crippen LogP contribution in [0.5, 0.6) is 0 Å². The minimum Gasteiger partial charge on any atom is -0.340 e. The Balaban J connectivity index is 1.58. The van der Waals surface area contributed by atoms with Crippen molar-refractivity contribution >= 4 is 34.4 Å². The molecule has 2 N–H and O–H groups in total. The molecule has 23 heavy (non-hydrogen) atoms. The van der Waals surface area contributed by atoms with Crippen molar-refractivity contribution < 1.29 is 4.79 Å². The van der Waals surface area contributed by atoms with Gasteiger partial charge in [-0.3, -0.25) is 4.79 Å². The average molecular weight is 323 g/mol. The summed E-state index contributed by atoms with van der Waals surface area (Å²) in [6.07, 6.45) is 2.05. The van der Waals surface area contributed by atoms with Gasteiger partial charge in [-0.15, -0.1) is 11.3 Å². The summed E-state index contributed by atoms with van der Waals surface area (Å²) in [5.41, 5.74) is 2.89. The SMILES string of the molecule is Cc1ccc(Nc2ccc(NC(=O)Cc3cccs3)cn2)cc1. The Morgan fingerprint density at radius 2 is 1.87 bits per heavy atom. The Labute approximate surface area is 139 Å². The maximum atomic E-state index is 11.9. The molecule has 4 nitrogen and oxygen atoms in total. The second-order valence-electron chi connectivity index (χ2n) is 5.23. The number of pyridine rings is 1. The van der Waals surface area contributed by atoms with Crippen molar-refractivity contribution in [1.82, 2.24) is 4.98 Å². The van der Waals surface area contributed by atoms with Crippen LogP contribution in [0.1, 0.15) is 10.4 Å². The number of nitrogens with zero attached hydrogens (tertiary/aromatic N) is 1. The largest absolute Gasteiger partial charge is 0.340 e. The normalized spacial score (nSPS) is 10.3. The van der Waals surface area contributed by atoms with Gasteiger partial charge in [0.25, 0.3) is 0 Å². The van der Waals surface area contributed by atoms with E-state index in [2.05, 4.69) is 22.5 Å². The van der Waals surface area contributed by atoms with E-state index in [1.165, 1.54) is 5.56 Å². The molecule has 1 aromatic carbocycles. The van der Waals surface area contributed by atoms with Gasteiger partial charge in [0.15, 0.2) is 0 Å². The fourth-order valence-electron chi connectivity index (χ4n) is 2.10. The molecule has 3 rings (SSSR count). The molecule has 0 unspecified atom stereocenters. The highest BCUT2D eigenvalue weighted by atomic mass is 32.1. The van der Waals surface area contributed by atoms with Crippen LogP contribution in [0.2, 0.25) is 0 Å². The smallest absolute Gasteiger partial charge is 0.229 e. The molecule has 2 aromatic heterocycles. The first-order valence-corrected chi connectivity index (χ1v) is 8.19. The number of benzene rings is 1. The van der Waals surface area contributed by atoms with Crippen molar-refractivity contribution in [1.29, 1.82) is 0 Å². The van der Waals surface area contributed by atoms with Gasteiger partial charge in [0.2, 0.25) is 5.91 Å². The van der Waals surface area contributed by atoms with Crippen LogP contribution in [0.15, 0.2) is 60.1 Å². The molecule has 0 radical (unpaired) electrons. The number of anilines is 3. The molecule has 3 aromatic rings. The summed E-state index contributed by atoms with van der Waals surface area (Å²) >= 11 is 1.58. The number of thiophene rings is 1. The Morgan fingerprint density at radius 1 is 1.09 bits per heavy atom. The highest BCUT2D eigenvalue weighted by Gasteiger charge is 2.05. The molecule has 0 fully saturated rings. The summed E-state index contributed by atoms with van der Waals surface area (Å²) in [4.78, 5) is 17.3. The van der Waals surface area contributed by atoms with Crippen LogP contribution in [0.25, 0.3) is 0 Å². The number of aryl methyl sites for hydroxylation is 1. The zero-order valence-corrected chi connectivity index (χ0v) is 13.6. The van der Waals surface area contributed by atoms with Gasteiger partial charge >= 0.3 is 0 Å². The number of carbonyl (C=O) groups excluding carboxylic acids is 1. The molecule has 0 saturated heterocycles. The van der Waals surface area contributed by atoms with Gasteiger partial charge in [-0.1, -0.05) is 23.8 Å². The Kier molecular flexibility index (Phi) is 4.68. The zero-order chi connectivity index (χ0) is 16.1. The molecule has 0 saturated carbocycles. The van der Waals surface area contributed by atoms with Crippen LogP contribution >= 0.6 is 11.3 Å². The lowest BCUT2D eigenvalue weighted by atomic mass is 10.2. The first-order chi connectivity index (χ1) is 11.2. The van der Waals surface area contributed by atoms with Crippen molar-refractivity contribution in [3.05, 3.63) is 70.5 Å². The molecular weight excluding hydrogens is 306 g/mol. The van der Waals surface area contributed by atoms with E-state index >= 15 is 0 Å². The van der Waals surface area contributed by atoms with Crippen molar-refractivity contribution in [3.63, 3.8) is 0 Å². The first-order valence-electron chi connectivity index (χ1n) is 7.31. The standard InChI is InChI=1S/C18H17N3OS/c1-13-4-6-14(7-5-13)20-17-9-8-15(12-19-17)21-18(22)11-16-3-2-10-23-16/h2-10,12H,11H2,1H3,(H,19,20)(H,21,22). The maximum Gasteiger partial charge on any atom is 0.229 e. The van der Waals surface area contributed by atoms with Gasteiger partial charge in [0.1, 0.15) is 5.82 Å². The highest BCUT2D eigenvalue weighted by Crippen LogP contribution is 2.17. The van der Waals surface area contributed by atoms with E-state index < -0.39 is 0 Å². The Morgan fingerprint density at radius 3 is 2.52 bits per heavy atom. The molecular formula is C18H17N3OS. The summed E-state index contributed by atoms with van der Waals surface area (Å²) in [6.45, 7) is 2.05. The summed E-state index contributed by atoms with van der Waals surface area (Å²) in [6, 6.07) is 15.7. The van der Waals surface area contributed by atoms with E-state index in [1.807, 2.05) is 53.9 Å². The number of rotatable bonds is 5. The topological polar surface area (TPSA) is 54.0 Å². The Bertz CT molecular complexity index is 765. The van der Waals surface area contributed by atoms with Crippen molar-refractivity contribution in [2.75, 3.05) is 10.6 Å². The average Bonchev–Trinajstić information content (AvgIpc) is 3.04. The molecule has 0 atom stereocenters. The van der Waals surface area contributed by atoms with Crippen LogP contribution in [0.3, 0.4) is 0 Å². The van der Waals surface area contributed by atoms with Gasteiger partial charge in [-0.25, -0.2) is 4.98 Å². The van der Waals surface area contributed by atoms with Crippen molar-refractivity contribution in [2.45, 2.75) is 13.3 Å². The van der Waals surface area contributed by atoms with Crippen LogP contribution in [0.4, 0.5) is 17.2 Å². The number of carbonyl (C=O) groups is 1. The third-order valence-corrected chi connectivity index (χ3v) is 4.16. The van der Waals surface area contributed by atoms with Crippen molar-refractivity contribution in [3.8, 4) is 0 Å². The van der Waals surface area contributed by atoms with E-state index in [4.69, 9.17) is 0 Å². The molecule has 0 aliphatic heterocycles. The summed E-state index contributed by atoms with van der Waals surface area (Å²) in [7, 11) is 0. The summed E-state index contributed by atoms with van der Waals surface area (Å²) < 4.78 is 0. The maximum absolute atomic E-state index is 11.9. The molecule has 2 heterocycles. The summed E-state index contributed by atoms with van der Waals surface area (Å²) in [5.74, 6) is 0.707. The fraction of sp³-hybridized carbons (Fsp3) is 0.111. The quantitative estimate of drug-likeness (QED) is 0.733. The van der Waals surface area contributed by atoms with Crippen LogP contribution in [0, 0.1) is 6.92 Å². The number of hydrogen-bond acceptors (Lipinski definition) is 4. The van der Waals surface area contributed by atoms with Gasteiger partial charge < -0.3 is 10.6 Å². The second-order valence-corrected chi connectivity index (χ2v) is 6.26. The third-order valence-electron chi connectivity index (χ3n) is 3.29. The fourth-order valence-corrected chi connectivity index (χ4v) is 2.81. The predicted octanol–water partition coefficient (Wildman–Crippen LogP) is 4.38. The van der Waals surface area contributed by atoms with E-state index in [9.17, 15) is 4.79 Å². The molecule has 116 valence electrons. The summed E-state index contributed by atoms with van der Waals surface area (Å²) in [5, 5.41) is 8.05. The van der Waals surface area contributed by atoms with Gasteiger partial charge in [-0.05, 0) is 42.6 Å². The number of amides is 1. The molecule has 0 bridgehead atoms. The lowest BCUT2D eigenvalue weighted by Gasteiger charge is -2.08. The van der Waals surface area contributed by atoms with Crippen LogP contribution in [-0.4, -0.2) is 10.9 Å². The minimum absolute atomic E-state index is 0.0338. The molecule has 0 aliphatic rings. The molecule has 5 heteroatoms. The van der Waals surface area contributed by atoms with Gasteiger partial charge in [-0.2, -0.15) is 0 Å². The highest BCUT2D eigenvalue weighted by molar-refractivity contribution is 7.10. The first kappa shape index (κ1) is 15.2. The zero-order valence-electron chi connectivity index (χ0n) is 12.7. The third kappa shape index (κ3) is 4.40. The van der Waals surface area contributed by atoms with Crippen molar-refractivity contribution in [2.24, 2.45) is 0 Å². The minimum atomic E-state index is -0.0338. The number of nitrogens with one attached hydrogen (secondary N) is 2. The lowest BCUT2D eigenvalue weighted by molar-refractivity contribution is -0.115. The number of hydrogen-bond donors (Lipinski definition) is 2. The lowest BCUT2D eigenvalue weighted by Crippen LogP contribution is -2.13. The van der Waals surface area contributed by atoms with E-state index in [-0.39, 0.29) is 5.91 Å². The molecule has 0 spiro atoms. The van der Waals surface area contributed by atoms with E-state index in [0.717, 1.165) is 16.4 Å². The predicted molar refractivity (Wildman–Crippen MR) is 95.4 cm³/mol. The molecule has 1 amide bonds. The number of aromatic nitrogens is 1. The monoisotopic (exact) mass is 323 g/mol. The van der Waals surface area contributed by atoms with Crippen LogP contribution < -0.4 is 10.6 Å². The molecule has 0 aliphatic carbocycles. The van der Waals surface area contributed by atoms with Gasteiger partial charge in [0.05, 0.1) is 18.3 Å². The van der Waals surface area contributed by atoms with E-state index in [1.54, 1.807) is 17.5 Å². The van der Waals surface area contributed by atoms with E-state index in [0.29, 0.717) is 12.1 Å². The second kappa shape index (κ2) is 7.07. The Hall–Kier alpha value is -2.66. The van der Waals surface area contributed by atoms with Gasteiger partial charge in [0, 0.05) is 10.6 Å².